The number of carbonyl (C=O) groups is 1. The summed E-state index contributed by atoms with van der Waals surface area (Å²) < 4.78 is 65.8. The molecular formula is C10H9F5N2O3. The van der Waals surface area contributed by atoms with E-state index in [0.717, 1.165) is 0 Å². The van der Waals surface area contributed by atoms with Crippen LogP contribution in [0.1, 0.15) is 23.2 Å². The van der Waals surface area contributed by atoms with Crippen LogP contribution >= 0.6 is 0 Å². The lowest BCUT2D eigenvalue weighted by Crippen LogP contribution is -2.21. The van der Waals surface area contributed by atoms with Gasteiger partial charge in [-0.15, -0.1) is 13.2 Å². The van der Waals surface area contributed by atoms with E-state index in [0.29, 0.717) is 6.20 Å². The van der Waals surface area contributed by atoms with Crippen LogP contribution in [0.3, 0.4) is 0 Å². The Kier molecular flexibility index (Phi) is 4.82. The summed E-state index contributed by atoms with van der Waals surface area (Å²) in [5.74, 6) is -2.67. The molecule has 0 amide bonds. The zero-order chi connectivity index (χ0) is 15.5. The highest BCUT2D eigenvalue weighted by Crippen LogP contribution is 2.34. The number of carboxylic acids is 1. The Bertz CT molecular complexity index is 504. The first-order valence-corrected chi connectivity index (χ1v) is 5.12. The van der Waals surface area contributed by atoms with Crippen LogP contribution in [0.2, 0.25) is 0 Å². The summed E-state index contributed by atoms with van der Waals surface area (Å²) in [6.07, 6.45) is -8.92. The van der Waals surface area contributed by atoms with Crippen molar-refractivity contribution in [3.63, 3.8) is 0 Å². The maximum Gasteiger partial charge on any atom is 0.573 e. The first kappa shape index (κ1) is 16.1. The molecule has 0 unspecified atom stereocenters. The second-order valence-electron chi connectivity index (χ2n) is 3.58. The Hall–Kier alpha value is -1.97. The fourth-order valence-corrected chi connectivity index (χ4v) is 1.56. The SMILES string of the molecule is NCc1ncc(OC(F)(F)F)c(CC(=O)O)c1C(F)F. The van der Waals surface area contributed by atoms with Crippen molar-refractivity contribution in [2.45, 2.75) is 25.8 Å². The molecule has 0 aliphatic rings. The molecule has 3 N–H and O–H groups in total. The van der Waals surface area contributed by atoms with Crippen LogP contribution in [0.25, 0.3) is 0 Å². The molecule has 0 aromatic carbocycles. The average molecular weight is 300 g/mol. The number of aromatic nitrogens is 1. The normalized spacial score (nSPS) is 11.8. The molecule has 5 nitrogen and oxygen atoms in total. The molecule has 10 heteroatoms. The van der Waals surface area contributed by atoms with Gasteiger partial charge in [-0.25, -0.2) is 8.78 Å². The van der Waals surface area contributed by atoms with E-state index in [9.17, 15) is 26.7 Å². The summed E-state index contributed by atoms with van der Waals surface area (Å²) >= 11 is 0. The monoisotopic (exact) mass is 300 g/mol. The molecule has 1 aromatic heterocycles. The van der Waals surface area contributed by atoms with E-state index >= 15 is 0 Å². The highest BCUT2D eigenvalue weighted by molar-refractivity contribution is 5.72. The quantitative estimate of drug-likeness (QED) is 0.812. The maximum absolute atomic E-state index is 12.9. The number of rotatable bonds is 5. The summed E-state index contributed by atoms with van der Waals surface area (Å²) in [5.41, 5.74) is 3.04. The molecule has 112 valence electrons. The minimum Gasteiger partial charge on any atom is -0.481 e. The number of nitrogens with two attached hydrogens (primary N) is 1. The van der Waals surface area contributed by atoms with Crippen molar-refractivity contribution in [1.29, 1.82) is 0 Å². The van der Waals surface area contributed by atoms with Gasteiger partial charge in [-0.3, -0.25) is 9.78 Å². The van der Waals surface area contributed by atoms with Crippen molar-refractivity contribution in [2.24, 2.45) is 5.73 Å². The third kappa shape index (κ3) is 4.02. The maximum atomic E-state index is 12.9. The first-order chi connectivity index (χ1) is 9.15. The third-order valence-corrected chi connectivity index (χ3v) is 2.24. The smallest absolute Gasteiger partial charge is 0.481 e. The fraction of sp³-hybridized carbons (Fsp3) is 0.400. The van der Waals surface area contributed by atoms with Crippen molar-refractivity contribution in [3.05, 3.63) is 23.0 Å². The van der Waals surface area contributed by atoms with Crippen molar-refractivity contribution < 1.29 is 36.6 Å². The lowest BCUT2D eigenvalue weighted by Gasteiger charge is -2.17. The minimum atomic E-state index is -5.15. The number of ether oxygens (including phenoxy) is 1. The molecule has 1 aromatic rings. The summed E-state index contributed by atoms with van der Waals surface area (Å²) in [7, 11) is 0. The van der Waals surface area contributed by atoms with Crippen molar-refractivity contribution >= 4 is 5.97 Å². The Morgan fingerprint density at radius 3 is 2.45 bits per heavy atom. The van der Waals surface area contributed by atoms with Crippen molar-refractivity contribution in [3.8, 4) is 5.75 Å². The summed E-state index contributed by atoms with van der Waals surface area (Å²) in [6.45, 7) is -0.474. The average Bonchev–Trinajstić information content (AvgIpc) is 2.28. The lowest BCUT2D eigenvalue weighted by atomic mass is 10.0. The summed E-state index contributed by atoms with van der Waals surface area (Å²) in [4.78, 5) is 14.0. The van der Waals surface area contributed by atoms with E-state index in [2.05, 4.69) is 9.72 Å². The van der Waals surface area contributed by atoms with Crippen LogP contribution in [0.15, 0.2) is 6.20 Å². The van der Waals surface area contributed by atoms with E-state index in [4.69, 9.17) is 10.8 Å². The Balaban J connectivity index is 3.44. The van der Waals surface area contributed by atoms with Crippen LogP contribution < -0.4 is 10.5 Å². The first-order valence-electron chi connectivity index (χ1n) is 5.12. The molecule has 0 atom stereocenters. The molecule has 0 saturated carbocycles. The van der Waals surface area contributed by atoms with Gasteiger partial charge in [0.15, 0.2) is 5.75 Å². The van der Waals surface area contributed by atoms with Crippen LogP contribution in [-0.2, 0) is 17.8 Å². The molecule has 0 saturated heterocycles. The molecule has 20 heavy (non-hydrogen) atoms. The van der Waals surface area contributed by atoms with Gasteiger partial charge < -0.3 is 15.6 Å². The lowest BCUT2D eigenvalue weighted by molar-refractivity contribution is -0.275. The summed E-state index contributed by atoms with van der Waals surface area (Å²) in [5, 5.41) is 8.63. The Labute approximate surface area is 109 Å². The van der Waals surface area contributed by atoms with Gasteiger partial charge >= 0.3 is 12.3 Å². The largest absolute Gasteiger partial charge is 0.573 e. The van der Waals surface area contributed by atoms with Crippen LogP contribution in [0, 0.1) is 0 Å². The molecular weight excluding hydrogens is 291 g/mol. The van der Waals surface area contributed by atoms with Crippen LogP contribution in [0.5, 0.6) is 5.75 Å². The standard InChI is InChI=1S/C10H9F5N2O3/c11-9(12)8-4(1-7(18)19)6(20-10(13,14)15)3-17-5(8)2-16/h3,9H,1-2,16H2,(H,18,19). The number of aliphatic carboxylic acids is 1. The molecule has 0 spiro atoms. The third-order valence-electron chi connectivity index (χ3n) is 2.24. The number of pyridine rings is 1. The number of hydrogen-bond acceptors (Lipinski definition) is 4. The van der Waals surface area contributed by atoms with Gasteiger partial charge in [0, 0.05) is 17.7 Å². The minimum absolute atomic E-state index is 0.384. The van der Waals surface area contributed by atoms with Gasteiger partial charge in [0.2, 0.25) is 0 Å². The summed E-state index contributed by atoms with van der Waals surface area (Å²) in [6, 6.07) is 0. The van der Waals surface area contributed by atoms with Gasteiger partial charge in [0.1, 0.15) is 0 Å². The number of halogens is 5. The number of carboxylic acid groups (broad SMARTS) is 1. The van der Waals surface area contributed by atoms with Crippen LogP contribution in [0.4, 0.5) is 22.0 Å². The van der Waals surface area contributed by atoms with E-state index < -0.39 is 48.6 Å². The number of nitrogens with zero attached hydrogens (tertiary/aromatic N) is 1. The number of alkyl halides is 5. The van der Waals surface area contributed by atoms with Gasteiger partial charge in [0.25, 0.3) is 6.43 Å². The molecule has 0 aliphatic carbocycles. The van der Waals surface area contributed by atoms with Gasteiger partial charge in [-0.2, -0.15) is 0 Å². The van der Waals surface area contributed by atoms with Gasteiger partial charge in [0.05, 0.1) is 18.3 Å². The van der Waals surface area contributed by atoms with E-state index in [1.807, 2.05) is 0 Å². The highest BCUT2D eigenvalue weighted by atomic mass is 19.4. The van der Waals surface area contributed by atoms with E-state index in [-0.39, 0.29) is 5.69 Å². The topological polar surface area (TPSA) is 85.4 Å². The second kappa shape index (κ2) is 5.99. The van der Waals surface area contributed by atoms with Gasteiger partial charge in [-0.05, 0) is 0 Å². The van der Waals surface area contributed by atoms with Crippen molar-refractivity contribution in [1.82, 2.24) is 4.98 Å². The Morgan fingerprint density at radius 2 is 2.05 bits per heavy atom. The molecule has 0 aliphatic heterocycles. The molecule has 0 radical (unpaired) electrons. The Morgan fingerprint density at radius 1 is 1.45 bits per heavy atom. The van der Waals surface area contributed by atoms with Crippen LogP contribution in [-0.4, -0.2) is 22.4 Å². The number of hydrogen-bond donors (Lipinski definition) is 2. The van der Waals surface area contributed by atoms with Gasteiger partial charge in [-0.1, -0.05) is 0 Å². The predicted octanol–water partition coefficient (Wildman–Crippen LogP) is 2.00. The fourth-order valence-electron chi connectivity index (χ4n) is 1.56. The van der Waals surface area contributed by atoms with E-state index in [1.54, 1.807) is 0 Å². The zero-order valence-corrected chi connectivity index (χ0v) is 9.75. The van der Waals surface area contributed by atoms with Crippen molar-refractivity contribution in [2.75, 3.05) is 0 Å². The van der Waals surface area contributed by atoms with E-state index in [1.165, 1.54) is 0 Å². The molecule has 0 bridgehead atoms. The molecule has 1 heterocycles. The molecule has 1 rings (SSSR count). The second-order valence-corrected chi connectivity index (χ2v) is 3.58. The predicted molar refractivity (Wildman–Crippen MR) is 55.1 cm³/mol. The highest BCUT2D eigenvalue weighted by Gasteiger charge is 2.34. The zero-order valence-electron chi connectivity index (χ0n) is 9.75. The molecule has 0 fully saturated rings.